The predicted molar refractivity (Wildman–Crippen MR) is 91.8 cm³/mol. The Balaban J connectivity index is 1.96. The summed E-state index contributed by atoms with van der Waals surface area (Å²) in [4.78, 5) is 26.4. The molecule has 2 aromatic rings. The minimum atomic E-state index is -1.33. The van der Waals surface area contributed by atoms with E-state index in [1.165, 1.54) is 24.1 Å². The van der Waals surface area contributed by atoms with Crippen LogP contribution in [0.1, 0.15) is 11.5 Å². The van der Waals surface area contributed by atoms with Crippen LogP contribution in [0.2, 0.25) is 0 Å². The molecular weight excluding hydrogens is 380 g/mol. The smallest absolute Gasteiger partial charge is 0.237 e. The molecule has 2 aromatic carbocycles. The molecule has 0 radical (unpaired) electrons. The largest absolute Gasteiger partial charge is 0.494 e. The van der Waals surface area contributed by atoms with E-state index in [1.807, 2.05) is 0 Å². The Hall–Kier alpha value is -3.10. The van der Waals surface area contributed by atoms with E-state index in [0.29, 0.717) is 0 Å². The van der Waals surface area contributed by atoms with Crippen molar-refractivity contribution in [1.29, 1.82) is 0 Å². The minimum absolute atomic E-state index is 0.0524. The molecule has 3 rings (SSSR count). The number of nitrogens with zero attached hydrogens (tertiary/aromatic N) is 1. The average Bonchev–Trinajstić information content (AvgIpc) is 2.96. The summed E-state index contributed by atoms with van der Waals surface area (Å²) in [7, 11) is 2.60. The first-order valence-electron chi connectivity index (χ1n) is 8.27. The summed E-state index contributed by atoms with van der Waals surface area (Å²) >= 11 is 0. The normalized spacial score (nSPS) is 19.1. The number of nitrogens with one attached hydrogen (secondary N) is 1. The van der Waals surface area contributed by atoms with Gasteiger partial charge in [0.15, 0.2) is 23.2 Å². The molecule has 148 valence electrons. The van der Waals surface area contributed by atoms with Crippen LogP contribution >= 0.6 is 0 Å². The van der Waals surface area contributed by atoms with E-state index in [0.717, 1.165) is 25.3 Å². The summed E-state index contributed by atoms with van der Waals surface area (Å²) in [5.74, 6) is -8.79. The zero-order valence-electron chi connectivity index (χ0n) is 14.9. The Kier molecular flexibility index (Phi) is 5.26. The first-order chi connectivity index (χ1) is 13.2. The number of benzene rings is 2. The third-order valence-corrected chi connectivity index (χ3v) is 4.67. The van der Waals surface area contributed by atoms with Crippen molar-refractivity contribution >= 4 is 17.5 Å². The maximum Gasteiger partial charge on any atom is 0.237 e. The highest BCUT2D eigenvalue weighted by molar-refractivity contribution is 6.08. The van der Waals surface area contributed by atoms with E-state index < -0.39 is 52.6 Å². The molecule has 5 nitrogen and oxygen atoms in total. The number of carbonyl (C=O) groups excluding carboxylic acids is 2. The second-order valence-corrected chi connectivity index (χ2v) is 6.41. The number of ether oxygens (including phenoxy) is 1. The summed E-state index contributed by atoms with van der Waals surface area (Å²) < 4.78 is 59.6. The van der Waals surface area contributed by atoms with Crippen LogP contribution in [0.15, 0.2) is 30.3 Å². The van der Waals surface area contributed by atoms with Crippen LogP contribution in [0.25, 0.3) is 0 Å². The van der Waals surface area contributed by atoms with Gasteiger partial charge in [-0.15, -0.1) is 0 Å². The molecule has 1 N–H and O–H groups in total. The summed E-state index contributed by atoms with van der Waals surface area (Å²) in [5.41, 5.74) is -0.248. The fraction of sp³-hybridized carbons (Fsp3) is 0.263. The molecule has 2 amide bonds. The highest BCUT2D eigenvalue weighted by atomic mass is 19.2. The fourth-order valence-corrected chi connectivity index (χ4v) is 3.25. The third-order valence-electron chi connectivity index (χ3n) is 4.67. The van der Waals surface area contributed by atoms with Crippen LogP contribution in [-0.2, 0) is 9.59 Å². The van der Waals surface area contributed by atoms with Crippen LogP contribution < -0.4 is 10.1 Å². The molecular formula is C19H16F4N2O3. The number of rotatable bonds is 4. The SMILES string of the molecule is COc1cc(C2CN(C)C(=O)C2C(=O)Nc2cccc(F)c2F)cc(F)c1F. The van der Waals surface area contributed by atoms with Gasteiger partial charge in [-0.25, -0.2) is 13.2 Å². The topological polar surface area (TPSA) is 58.6 Å². The zero-order chi connectivity index (χ0) is 20.6. The van der Waals surface area contributed by atoms with Gasteiger partial charge in [0.25, 0.3) is 0 Å². The third kappa shape index (κ3) is 3.39. The number of methoxy groups -OCH3 is 1. The zero-order valence-corrected chi connectivity index (χ0v) is 14.9. The number of hydrogen-bond acceptors (Lipinski definition) is 3. The van der Waals surface area contributed by atoms with E-state index in [9.17, 15) is 27.2 Å². The van der Waals surface area contributed by atoms with Gasteiger partial charge in [-0.3, -0.25) is 9.59 Å². The lowest BCUT2D eigenvalue weighted by Crippen LogP contribution is -2.33. The first-order valence-corrected chi connectivity index (χ1v) is 8.27. The molecule has 0 saturated carbocycles. The maximum absolute atomic E-state index is 13.9. The van der Waals surface area contributed by atoms with Gasteiger partial charge >= 0.3 is 0 Å². The molecule has 0 aliphatic carbocycles. The van der Waals surface area contributed by atoms with E-state index >= 15 is 0 Å². The molecule has 1 aliphatic heterocycles. The number of likely N-dealkylation sites (N-methyl/N-ethyl adjacent to an activating group) is 1. The summed E-state index contributed by atoms with van der Waals surface area (Å²) in [5, 5.41) is 2.20. The Morgan fingerprint density at radius 1 is 1.14 bits per heavy atom. The standard InChI is InChI=1S/C19H16F4N2O3/c1-25-8-10(9-6-12(21)17(23)14(7-9)28-2)15(19(25)27)18(26)24-13-5-3-4-11(20)16(13)22/h3-7,10,15H,8H2,1-2H3,(H,24,26). The molecule has 1 fully saturated rings. The monoisotopic (exact) mass is 396 g/mol. The van der Waals surface area contributed by atoms with Crippen molar-refractivity contribution in [3.05, 3.63) is 59.2 Å². The summed E-state index contributed by atoms with van der Waals surface area (Å²) in [6.45, 7) is 0.0524. The van der Waals surface area contributed by atoms with Crippen molar-refractivity contribution in [2.24, 2.45) is 5.92 Å². The number of amides is 2. The number of hydrogen-bond donors (Lipinski definition) is 1. The lowest BCUT2D eigenvalue weighted by atomic mass is 9.87. The van der Waals surface area contributed by atoms with Gasteiger partial charge in [-0.05, 0) is 29.8 Å². The molecule has 0 aromatic heterocycles. The van der Waals surface area contributed by atoms with Gasteiger partial charge in [0.05, 0.1) is 12.8 Å². The van der Waals surface area contributed by atoms with Gasteiger partial charge in [-0.1, -0.05) is 6.07 Å². The Bertz CT molecular complexity index is 951. The van der Waals surface area contributed by atoms with Crippen molar-refractivity contribution in [2.45, 2.75) is 5.92 Å². The Morgan fingerprint density at radius 3 is 2.54 bits per heavy atom. The van der Waals surface area contributed by atoms with E-state index in [-0.39, 0.29) is 17.9 Å². The maximum atomic E-state index is 13.9. The van der Waals surface area contributed by atoms with Crippen molar-refractivity contribution in [2.75, 3.05) is 26.0 Å². The lowest BCUT2D eigenvalue weighted by Gasteiger charge is -2.18. The molecule has 1 aliphatic rings. The van der Waals surface area contributed by atoms with E-state index in [4.69, 9.17) is 4.74 Å². The number of halogens is 4. The van der Waals surface area contributed by atoms with Gasteiger partial charge in [0, 0.05) is 19.5 Å². The second-order valence-electron chi connectivity index (χ2n) is 6.41. The van der Waals surface area contributed by atoms with Crippen molar-refractivity contribution in [3.8, 4) is 5.75 Å². The predicted octanol–water partition coefficient (Wildman–Crippen LogP) is 3.06. The van der Waals surface area contributed by atoms with Crippen molar-refractivity contribution in [1.82, 2.24) is 4.90 Å². The lowest BCUT2D eigenvalue weighted by molar-refractivity contribution is -0.135. The van der Waals surface area contributed by atoms with Gasteiger partial charge in [0.2, 0.25) is 17.6 Å². The number of likely N-dealkylation sites (tertiary alicyclic amines) is 1. The first kappa shape index (κ1) is 19.7. The van der Waals surface area contributed by atoms with Crippen molar-refractivity contribution in [3.63, 3.8) is 0 Å². The van der Waals surface area contributed by atoms with Gasteiger partial charge in [-0.2, -0.15) is 4.39 Å². The summed E-state index contributed by atoms with van der Waals surface area (Å²) in [6.07, 6.45) is 0. The highest BCUT2D eigenvalue weighted by Gasteiger charge is 2.45. The van der Waals surface area contributed by atoms with Crippen LogP contribution in [0.3, 0.4) is 0 Å². The van der Waals surface area contributed by atoms with Crippen molar-refractivity contribution < 1.29 is 31.9 Å². The Morgan fingerprint density at radius 2 is 1.86 bits per heavy atom. The Labute approximate surface area is 157 Å². The number of anilines is 1. The van der Waals surface area contributed by atoms with E-state index in [1.54, 1.807) is 0 Å². The highest BCUT2D eigenvalue weighted by Crippen LogP contribution is 2.37. The summed E-state index contributed by atoms with van der Waals surface area (Å²) in [6, 6.07) is 5.33. The van der Waals surface area contributed by atoms with Gasteiger partial charge in [0.1, 0.15) is 5.92 Å². The fourth-order valence-electron chi connectivity index (χ4n) is 3.25. The number of carbonyl (C=O) groups is 2. The van der Waals surface area contributed by atoms with Crippen LogP contribution in [0.4, 0.5) is 23.2 Å². The van der Waals surface area contributed by atoms with Crippen LogP contribution in [0.5, 0.6) is 5.75 Å². The molecule has 0 bridgehead atoms. The average molecular weight is 396 g/mol. The molecule has 1 heterocycles. The molecule has 9 heteroatoms. The van der Waals surface area contributed by atoms with Crippen LogP contribution in [0, 0.1) is 29.2 Å². The molecule has 28 heavy (non-hydrogen) atoms. The van der Waals surface area contributed by atoms with Crippen LogP contribution in [-0.4, -0.2) is 37.4 Å². The minimum Gasteiger partial charge on any atom is -0.494 e. The second kappa shape index (κ2) is 7.49. The molecule has 1 saturated heterocycles. The quantitative estimate of drug-likeness (QED) is 0.639. The van der Waals surface area contributed by atoms with Gasteiger partial charge < -0.3 is 15.0 Å². The van der Waals surface area contributed by atoms with E-state index in [2.05, 4.69) is 5.32 Å². The molecule has 0 spiro atoms. The molecule has 2 unspecified atom stereocenters. The molecule has 2 atom stereocenters.